The average molecular weight is 367 g/mol. The number of aromatic amines is 1. The molecule has 1 amide bonds. The van der Waals surface area contributed by atoms with Crippen molar-refractivity contribution in [3.63, 3.8) is 0 Å². The van der Waals surface area contributed by atoms with Crippen LogP contribution >= 0.6 is 11.3 Å². The fourth-order valence-corrected chi connectivity index (χ4v) is 3.95. The topological polar surface area (TPSA) is 73.9 Å². The summed E-state index contributed by atoms with van der Waals surface area (Å²) in [6, 6.07) is 7.75. The fourth-order valence-electron chi connectivity index (χ4n) is 3.39. The van der Waals surface area contributed by atoms with Crippen molar-refractivity contribution in [3.8, 4) is 11.3 Å². The lowest BCUT2D eigenvalue weighted by molar-refractivity contribution is -0.120. The molecule has 1 fully saturated rings. The third kappa shape index (κ3) is 3.68. The second kappa shape index (κ2) is 7.39. The molecule has 1 atom stereocenters. The molecule has 134 valence electrons. The number of rotatable bonds is 5. The Labute approximate surface area is 156 Å². The molecule has 3 aromatic rings. The summed E-state index contributed by atoms with van der Waals surface area (Å²) >= 11 is 1.58. The Morgan fingerprint density at radius 3 is 2.88 bits per heavy atom. The second-order valence-electron chi connectivity index (χ2n) is 6.56. The molecule has 4 rings (SSSR count). The maximum atomic E-state index is 12.7. The number of hydrogen-bond donors (Lipinski definition) is 2. The standard InChI is InChI=1S/C19H21N5OS/c1-13-20-9-16(22-13)10-24-8-2-3-18(24)19(25)23-15-6-4-14(5-7-15)17-11-26-12-21-17/h4-7,9,11-12,18H,2-3,8,10H2,1H3,(H,20,22)(H,23,25)/t18-/m1/s1. The average Bonchev–Trinajstić information content (AvgIpc) is 3.38. The van der Waals surface area contributed by atoms with Gasteiger partial charge in [0.1, 0.15) is 5.82 Å². The van der Waals surface area contributed by atoms with Crippen molar-refractivity contribution in [2.45, 2.75) is 32.4 Å². The number of amides is 1. The molecule has 1 aromatic carbocycles. The first-order valence-corrected chi connectivity index (χ1v) is 9.67. The summed E-state index contributed by atoms with van der Waals surface area (Å²) in [5.41, 5.74) is 5.71. The van der Waals surface area contributed by atoms with Gasteiger partial charge in [-0.25, -0.2) is 9.97 Å². The van der Waals surface area contributed by atoms with Gasteiger partial charge in [-0.1, -0.05) is 12.1 Å². The van der Waals surface area contributed by atoms with Gasteiger partial charge >= 0.3 is 0 Å². The van der Waals surface area contributed by atoms with Gasteiger partial charge in [0.2, 0.25) is 5.91 Å². The van der Waals surface area contributed by atoms with Crippen molar-refractivity contribution in [2.75, 3.05) is 11.9 Å². The molecule has 1 aliphatic heterocycles. The van der Waals surface area contributed by atoms with Gasteiger partial charge in [-0.3, -0.25) is 9.69 Å². The molecular weight excluding hydrogens is 346 g/mol. The lowest BCUT2D eigenvalue weighted by atomic mass is 10.1. The molecule has 2 N–H and O–H groups in total. The molecule has 0 aliphatic carbocycles. The summed E-state index contributed by atoms with van der Waals surface area (Å²) in [6.45, 7) is 3.59. The van der Waals surface area contributed by atoms with Gasteiger partial charge < -0.3 is 10.3 Å². The van der Waals surface area contributed by atoms with Crippen molar-refractivity contribution in [2.24, 2.45) is 0 Å². The van der Waals surface area contributed by atoms with E-state index in [0.29, 0.717) is 0 Å². The number of nitrogens with one attached hydrogen (secondary N) is 2. The zero-order valence-corrected chi connectivity index (χ0v) is 15.4. The number of H-pyrrole nitrogens is 1. The summed E-state index contributed by atoms with van der Waals surface area (Å²) in [4.78, 5) is 26.7. The van der Waals surface area contributed by atoms with Crippen molar-refractivity contribution in [1.29, 1.82) is 0 Å². The van der Waals surface area contributed by atoms with Crippen molar-refractivity contribution in [1.82, 2.24) is 19.9 Å². The van der Waals surface area contributed by atoms with Crippen LogP contribution in [0.3, 0.4) is 0 Å². The summed E-state index contributed by atoms with van der Waals surface area (Å²) in [6.07, 6.45) is 3.77. The van der Waals surface area contributed by atoms with Crippen LogP contribution < -0.4 is 5.32 Å². The van der Waals surface area contributed by atoms with E-state index in [1.807, 2.05) is 48.3 Å². The minimum Gasteiger partial charge on any atom is -0.345 e. The monoisotopic (exact) mass is 367 g/mol. The number of carbonyl (C=O) groups is 1. The molecule has 0 saturated carbocycles. The van der Waals surface area contributed by atoms with Gasteiger partial charge in [-0.05, 0) is 38.4 Å². The maximum Gasteiger partial charge on any atom is 0.241 e. The number of anilines is 1. The third-order valence-corrected chi connectivity index (χ3v) is 5.26. The van der Waals surface area contributed by atoms with Gasteiger partial charge in [0, 0.05) is 35.1 Å². The normalized spacial score (nSPS) is 17.5. The van der Waals surface area contributed by atoms with E-state index in [9.17, 15) is 4.79 Å². The second-order valence-corrected chi connectivity index (χ2v) is 7.28. The fraction of sp³-hybridized carbons (Fsp3) is 0.316. The summed E-state index contributed by atoms with van der Waals surface area (Å²) in [5, 5.41) is 5.07. The highest BCUT2D eigenvalue weighted by Crippen LogP contribution is 2.23. The first-order chi connectivity index (χ1) is 12.7. The van der Waals surface area contributed by atoms with Gasteiger partial charge in [-0.2, -0.15) is 0 Å². The smallest absolute Gasteiger partial charge is 0.241 e. The largest absolute Gasteiger partial charge is 0.345 e. The van der Waals surface area contributed by atoms with Crippen LogP contribution in [0.4, 0.5) is 5.69 Å². The van der Waals surface area contributed by atoms with Gasteiger partial charge in [0.25, 0.3) is 0 Å². The predicted octanol–water partition coefficient (Wildman–Crippen LogP) is 3.44. The Bertz CT molecular complexity index is 872. The molecule has 0 unspecified atom stereocenters. The Kier molecular flexibility index (Phi) is 4.81. The van der Waals surface area contributed by atoms with E-state index in [1.165, 1.54) is 0 Å². The number of likely N-dealkylation sites (tertiary alicyclic amines) is 1. The Balaban J connectivity index is 1.40. The number of hydrogen-bond acceptors (Lipinski definition) is 5. The first-order valence-electron chi connectivity index (χ1n) is 8.73. The number of carbonyl (C=O) groups excluding carboxylic acids is 1. The lowest BCUT2D eigenvalue weighted by Gasteiger charge is -2.23. The maximum absolute atomic E-state index is 12.7. The summed E-state index contributed by atoms with van der Waals surface area (Å²) in [5.74, 6) is 0.959. The summed E-state index contributed by atoms with van der Waals surface area (Å²) in [7, 11) is 0. The van der Waals surface area contributed by atoms with Crippen molar-refractivity contribution >= 4 is 22.9 Å². The Hall–Kier alpha value is -2.51. The summed E-state index contributed by atoms with van der Waals surface area (Å²) < 4.78 is 0. The van der Waals surface area contributed by atoms with Gasteiger partial charge in [0.05, 0.1) is 17.2 Å². The van der Waals surface area contributed by atoms with E-state index in [4.69, 9.17) is 0 Å². The SMILES string of the molecule is Cc1ncc(CN2CCC[C@@H]2C(=O)Nc2ccc(-c3cscn3)cc2)[nH]1. The van der Waals surface area contributed by atoms with Crippen LogP contribution in [0.1, 0.15) is 24.4 Å². The van der Waals surface area contributed by atoms with E-state index in [1.54, 1.807) is 11.3 Å². The van der Waals surface area contributed by atoms with E-state index in [0.717, 1.165) is 54.4 Å². The van der Waals surface area contributed by atoms with Gasteiger partial charge in [-0.15, -0.1) is 11.3 Å². The molecule has 26 heavy (non-hydrogen) atoms. The van der Waals surface area contributed by atoms with E-state index in [2.05, 4.69) is 25.2 Å². The molecule has 1 saturated heterocycles. The number of nitrogens with zero attached hydrogens (tertiary/aromatic N) is 3. The molecule has 7 heteroatoms. The van der Waals surface area contributed by atoms with E-state index >= 15 is 0 Å². The minimum atomic E-state index is -0.100. The van der Waals surface area contributed by atoms with Crippen molar-refractivity contribution in [3.05, 3.63) is 52.9 Å². The molecule has 6 nitrogen and oxygen atoms in total. The molecule has 0 radical (unpaired) electrons. The lowest BCUT2D eigenvalue weighted by Crippen LogP contribution is -2.39. The van der Waals surface area contributed by atoms with Crippen LogP contribution in [0.5, 0.6) is 0 Å². The molecule has 1 aliphatic rings. The molecule has 3 heterocycles. The van der Waals surface area contributed by atoms with Crippen molar-refractivity contribution < 1.29 is 4.79 Å². The highest BCUT2D eigenvalue weighted by molar-refractivity contribution is 7.07. The predicted molar refractivity (Wildman–Crippen MR) is 103 cm³/mol. The Morgan fingerprint density at radius 2 is 2.19 bits per heavy atom. The van der Waals surface area contributed by atoms with Crippen LogP contribution in [0.25, 0.3) is 11.3 Å². The molecule has 2 aromatic heterocycles. The van der Waals surface area contributed by atoms with Crippen LogP contribution in [-0.4, -0.2) is 38.3 Å². The number of aromatic nitrogens is 3. The Morgan fingerprint density at radius 1 is 1.35 bits per heavy atom. The number of aryl methyl sites for hydroxylation is 1. The van der Waals surface area contributed by atoms with Crippen LogP contribution in [0.2, 0.25) is 0 Å². The molecule has 0 bridgehead atoms. The number of imidazole rings is 1. The highest BCUT2D eigenvalue weighted by atomic mass is 32.1. The number of thiazole rings is 1. The van der Waals surface area contributed by atoms with Gasteiger partial charge in [0.15, 0.2) is 0 Å². The highest BCUT2D eigenvalue weighted by Gasteiger charge is 2.30. The van der Waals surface area contributed by atoms with Crippen LogP contribution in [0.15, 0.2) is 41.4 Å². The van der Waals surface area contributed by atoms with E-state index in [-0.39, 0.29) is 11.9 Å². The first kappa shape index (κ1) is 16.9. The molecular formula is C19H21N5OS. The van der Waals surface area contributed by atoms with E-state index < -0.39 is 0 Å². The molecule has 0 spiro atoms. The zero-order chi connectivity index (χ0) is 17.9. The quantitative estimate of drug-likeness (QED) is 0.724. The third-order valence-electron chi connectivity index (χ3n) is 4.68. The number of benzene rings is 1. The minimum absolute atomic E-state index is 0.0557. The van der Waals surface area contributed by atoms with Crippen LogP contribution in [0, 0.1) is 6.92 Å². The van der Waals surface area contributed by atoms with Crippen LogP contribution in [-0.2, 0) is 11.3 Å². The zero-order valence-electron chi connectivity index (χ0n) is 14.6.